The molecule has 33 heavy (non-hydrogen) atoms. The highest BCUT2D eigenvalue weighted by atomic mass is 16.5. The summed E-state index contributed by atoms with van der Waals surface area (Å²) in [6.45, 7) is 2.17. The van der Waals surface area contributed by atoms with Gasteiger partial charge in [0.05, 0.1) is 17.6 Å². The molecule has 1 heterocycles. The highest BCUT2D eigenvalue weighted by molar-refractivity contribution is 5.95. The molecule has 0 saturated heterocycles. The molecule has 0 bridgehead atoms. The summed E-state index contributed by atoms with van der Waals surface area (Å²) < 4.78 is 7.67. The van der Waals surface area contributed by atoms with Crippen molar-refractivity contribution in [1.82, 2.24) is 14.9 Å². The number of aryl methyl sites for hydroxylation is 1. The molecule has 168 valence electrons. The Morgan fingerprint density at radius 3 is 2.45 bits per heavy atom. The summed E-state index contributed by atoms with van der Waals surface area (Å²) >= 11 is 0. The van der Waals surface area contributed by atoms with Gasteiger partial charge in [-0.05, 0) is 42.3 Å². The molecule has 4 aromatic rings. The van der Waals surface area contributed by atoms with Gasteiger partial charge >= 0.3 is 0 Å². The Morgan fingerprint density at radius 1 is 0.909 bits per heavy atom. The number of anilines is 1. The lowest BCUT2D eigenvalue weighted by Crippen LogP contribution is -2.35. The number of benzene rings is 3. The Kier molecular flexibility index (Phi) is 6.99. The summed E-state index contributed by atoms with van der Waals surface area (Å²) in [5.74, 6) is 0.812. The van der Waals surface area contributed by atoms with Crippen molar-refractivity contribution in [3.63, 3.8) is 0 Å². The molecule has 4 rings (SSSR count). The molecule has 0 fully saturated rings. The number of carbonyl (C=O) groups excluding carboxylic acids is 2. The highest BCUT2D eigenvalue weighted by Gasteiger charge is 2.15. The minimum absolute atomic E-state index is 0.0345. The molecule has 7 heteroatoms. The second kappa shape index (κ2) is 10.5. The van der Waals surface area contributed by atoms with E-state index in [2.05, 4.69) is 15.6 Å². The highest BCUT2D eigenvalue weighted by Crippen LogP contribution is 2.18. The van der Waals surface area contributed by atoms with Gasteiger partial charge < -0.3 is 19.9 Å². The third-order valence-corrected chi connectivity index (χ3v) is 5.26. The smallest absolute Gasteiger partial charge is 0.243 e. The lowest BCUT2D eigenvalue weighted by atomic mass is 10.1. The summed E-state index contributed by atoms with van der Waals surface area (Å²) in [5.41, 5.74) is 3.43. The standard InChI is InChI=1S/C26H26N4O3/c1-2-19-10-6-7-13-21(19)29-25(31)16-27-26(32)17-30-23-15-9-8-14-22(23)28-24(30)18-33-20-11-4-3-5-12-20/h3-15H,2,16-18H2,1H3,(H,27,32)(H,29,31). The van der Waals surface area contributed by atoms with Crippen molar-refractivity contribution in [2.45, 2.75) is 26.5 Å². The molecule has 0 aliphatic heterocycles. The van der Waals surface area contributed by atoms with Gasteiger partial charge in [-0.2, -0.15) is 0 Å². The van der Waals surface area contributed by atoms with Gasteiger partial charge in [-0.1, -0.05) is 55.5 Å². The SMILES string of the molecule is CCc1ccccc1NC(=O)CNC(=O)Cn1c(COc2ccccc2)nc2ccccc21. The van der Waals surface area contributed by atoms with Gasteiger partial charge in [-0.3, -0.25) is 9.59 Å². The van der Waals surface area contributed by atoms with Crippen LogP contribution in [0.4, 0.5) is 5.69 Å². The number of hydrogen-bond donors (Lipinski definition) is 2. The fourth-order valence-electron chi connectivity index (χ4n) is 3.60. The number of rotatable bonds is 9. The average molecular weight is 443 g/mol. The predicted molar refractivity (Wildman–Crippen MR) is 128 cm³/mol. The first-order valence-corrected chi connectivity index (χ1v) is 10.9. The van der Waals surface area contributed by atoms with Crippen LogP contribution >= 0.6 is 0 Å². The molecule has 0 atom stereocenters. The van der Waals surface area contributed by atoms with Crippen LogP contribution < -0.4 is 15.4 Å². The molecule has 0 saturated carbocycles. The molecule has 2 amide bonds. The molecule has 1 aromatic heterocycles. The number of fused-ring (bicyclic) bond motifs is 1. The molecular weight excluding hydrogens is 416 g/mol. The number of para-hydroxylation sites is 4. The Balaban J connectivity index is 1.41. The second-order valence-electron chi connectivity index (χ2n) is 7.54. The van der Waals surface area contributed by atoms with Crippen LogP contribution in [-0.4, -0.2) is 27.9 Å². The summed E-state index contributed by atoms with van der Waals surface area (Å²) in [5, 5.41) is 5.57. The summed E-state index contributed by atoms with van der Waals surface area (Å²) in [7, 11) is 0. The third kappa shape index (κ3) is 5.57. The number of amides is 2. The summed E-state index contributed by atoms with van der Waals surface area (Å²) in [6, 6.07) is 24.7. The van der Waals surface area contributed by atoms with E-state index in [9.17, 15) is 9.59 Å². The van der Waals surface area contributed by atoms with E-state index in [1.807, 2.05) is 90.4 Å². The fourth-order valence-corrected chi connectivity index (χ4v) is 3.60. The Hall–Kier alpha value is -4.13. The van der Waals surface area contributed by atoms with Crippen LogP contribution in [0, 0.1) is 0 Å². The molecule has 0 spiro atoms. The Labute approximate surface area is 192 Å². The van der Waals surface area contributed by atoms with Crippen LogP contribution in [0.25, 0.3) is 11.0 Å². The molecule has 0 unspecified atom stereocenters. The van der Waals surface area contributed by atoms with Gasteiger partial charge in [-0.25, -0.2) is 4.98 Å². The molecule has 0 aliphatic rings. The number of imidazole rings is 1. The van der Waals surface area contributed by atoms with Crippen LogP contribution in [0.3, 0.4) is 0 Å². The molecule has 0 radical (unpaired) electrons. The lowest BCUT2D eigenvalue weighted by Gasteiger charge is -2.12. The second-order valence-corrected chi connectivity index (χ2v) is 7.54. The first kappa shape index (κ1) is 22.1. The number of ether oxygens (including phenoxy) is 1. The fraction of sp³-hybridized carbons (Fsp3) is 0.192. The van der Waals surface area contributed by atoms with Gasteiger partial charge in [0.25, 0.3) is 0 Å². The molecule has 3 aromatic carbocycles. The van der Waals surface area contributed by atoms with Gasteiger partial charge in [0, 0.05) is 5.69 Å². The number of nitrogens with one attached hydrogen (secondary N) is 2. The van der Waals surface area contributed by atoms with Crippen LogP contribution in [0.1, 0.15) is 18.3 Å². The quantitative estimate of drug-likeness (QED) is 0.411. The topological polar surface area (TPSA) is 85.2 Å². The predicted octanol–water partition coefficient (Wildman–Crippen LogP) is 3.93. The normalized spacial score (nSPS) is 10.7. The molecule has 2 N–H and O–H groups in total. The van der Waals surface area contributed by atoms with Crippen molar-refractivity contribution in [2.75, 3.05) is 11.9 Å². The van der Waals surface area contributed by atoms with E-state index in [4.69, 9.17) is 4.74 Å². The Morgan fingerprint density at radius 2 is 1.64 bits per heavy atom. The van der Waals surface area contributed by atoms with E-state index < -0.39 is 0 Å². The number of hydrogen-bond acceptors (Lipinski definition) is 4. The minimum Gasteiger partial charge on any atom is -0.486 e. The molecule has 0 aliphatic carbocycles. The first-order valence-electron chi connectivity index (χ1n) is 10.9. The number of carbonyl (C=O) groups is 2. The van der Waals surface area contributed by atoms with Crippen LogP contribution in [0.5, 0.6) is 5.75 Å². The van der Waals surface area contributed by atoms with E-state index in [0.717, 1.165) is 34.5 Å². The zero-order chi connectivity index (χ0) is 23.0. The summed E-state index contributed by atoms with van der Waals surface area (Å²) in [6.07, 6.45) is 0.810. The van der Waals surface area contributed by atoms with E-state index in [-0.39, 0.29) is 31.5 Å². The van der Waals surface area contributed by atoms with Gasteiger partial charge in [0.1, 0.15) is 24.7 Å². The van der Waals surface area contributed by atoms with Crippen molar-refractivity contribution in [2.24, 2.45) is 0 Å². The lowest BCUT2D eigenvalue weighted by molar-refractivity contribution is -0.124. The van der Waals surface area contributed by atoms with Crippen molar-refractivity contribution in [1.29, 1.82) is 0 Å². The maximum atomic E-state index is 12.7. The van der Waals surface area contributed by atoms with Crippen molar-refractivity contribution in [3.8, 4) is 5.75 Å². The van der Waals surface area contributed by atoms with E-state index in [0.29, 0.717) is 5.82 Å². The number of aromatic nitrogens is 2. The van der Waals surface area contributed by atoms with Gasteiger partial charge in [0.15, 0.2) is 0 Å². The minimum atomic E-state index is -0.280. The molecule has 7 nitrogen and oxygen atoms in total. The zero-order valence-corrected chi connectivity index (χ0v) is 18.5. The first-order chi connectivity index (χ1) is 16.1. The monoisotopic (exact) mass is 442 g/mol. The van der Waals surface area contributed by atoms with Gasteiger partial charge in [0.2, 0.25) is 11.8 Å². The van der Waals surface area contributed by atoms with Crippen LogP contribution in [0.2, 0.25) is 0 Å². The zero-order valence-electron chi connectivity index (χ0n) is 18.5. The van der Waals surface area contributed by atoms with E-state index >= 15 is 0 Å². The van der Waals surface area contributed by atoms with Crippen LogP contribution in [0.15, 0.2) is 78.9 Å². The Bertz CT molecular complexity index is 1250. The van der Waals surface area contributed by atoms with E-state index in [1.165, 1.54) is 0 Å². The summed E-state index contributed by atoms with van der Waals surface area (Å²) in [4.78, 5) is 29.7. The number of nitrogens with zero attached hydrogens (tertiary/aromatic N) is 2. The maximum absolute atomic E-state index is 12.7. The van der Waals surface area contributed by atoms with Crippen molar-refractivity contribution >= 4 is 28.5 Å². The van der Waals surface area contributed by atoms with Gasteiger partial charge in [-0.15, -0.1) is 0 Å². The third-order valence-electron chi connectivity index (χ3n) is 5.26. The maximum Gasteiger partial charge on any atom is 0.243 e. The van der Waals surface area contributed by atoms with Crippen LogP contribution in [-0.2, 0) is 29.2 Å². The largest absolute Gasteiger partial charge is 0.486 e. The average Bonchev–Trinajstić information content (AvgIpc) is 3.19. The van der Waals surface area contributed by atoms with Crippen molar-refractivity contribution < 1.29 is 14.3 Å². The van der Waals surface area contributed by atoms with E-state index in [1.54, 1.807) is 0 Å². The molecular formula is C26H26N4O3. The van der Waals surface area contributed by atoms with Crippen molar-refractivity contribution in [3.05, 3.63) is 90.3 Å².